The lowest BCUT2D eigenvalue weighted by Gasteiger charge is -2.32. The van der Waals surface area contributed by atoms with E-state index in [0.29, 0.717) is 29.8 Å². The third-order valence-electron chi connectivity index (χ3n) is 8.53. The summed E-state index contributed by atoms with van der Waals surface area (Å²) in [5.74, 6) is -1.10. The molecular formula is C33H32F3N5O4. The van der Waals surface area contributed by atoms with Gasteiger partial charge < -0.3 is 10.1 Å². The number of carbonyl (C=O) groups excluding carboxylic acids is 3. The molecule has 2 aliphatic heterocycles. The van der Waals surface area contributed by atoms with Crippen molar-refractivity contribution in [2.24, 2.45) is 0 Å². The number of nitrogens with one attached hydrogen (secondary N) is 2. The van der Waals surface area contributed by atoms with Crippen molar-refractivity contribution in [2.45, 2.75) is 50.4 Å². The van der Waals surface area contributed by atoms with Gasteiger partial charge in [0.05, 0.1) is 24.6 Å². The molecule has 0 aliphatic carbocycles. The van der Waals surface area contributed by atoms with E-state index in [2.05, 4.69) is 15.5 Å². The van der Waals surface area contributed by atoms with Crippen molar-refractivity contribution in [3.8, 4) is 5.75 Å². The maximum absolute atomic E-state index is 13.2. The van der Waals surface area contributed by atoms with Gasteiger partial charge in [0.1, 0.15) is 17.0 Å². The Morgan fingerprint density at radius 3 is 2.49 bits per heavy atom. The fourth-order valence-corrected chi connectivity index (χ4v) is 6.06. The molecule has 0 spiro atoms. The number of hydrogen-bond acceptors (Lipinski definition) is 6. The number of halogens is 3. The van der Waals surface area contributed by atoms with Crippen molar-refractivity contribution < 1.29 is 32.3 Å². The molecule has 0 radical (unpaired) electrons. The van der Waals surface area contributed by atoms with Crippen LogP contribution in [0.1, 0.15) is 64.7 Å². The molecule has 234 valence electrons. The summed E-state index contributed by atoms with van der Waals surface area (Å²) in [7, 11) is 1.45. The molecule has 3 aromatic carbocycles. The van der Waals surface area contributed by atoms with E-state index in [1.54, 1.807) is 6.07 Å². The number of aromatic nitrogens is 2. The molecule has 6 rings (SSSR count). The van der Waals surface area contributed by atoms with Gasteiger partial charge in [-0.05, 0) is 60.7 Å². The van der Waals surface area contributed by atoms with Crippen molar-refractivity contribution in [1.29, 1.82) is 0 Å². The summed E-state index contributed by atoms with van der Waals surface area (Å²) in [5, 5.41) is 10.7. The van der Waals surface area contributed by atoms with Crippen LogP contribution in [0, 0.1) is 0 Å². The van der Waals surface area contributed by atoms with Crippen LogP contribution in [0.15, 0.2) is 66.9 Å². The monoisotopic (exact) mass is 619 g/mol. The topological polar surface area (TPSA) is 106 Å². The zero-order chi connectivity index (χ0) is 31.7. The second-order valence-electron chi connectivity index (χ2n) is 11.5. The van der Waals surface area contributed by atoms with E-state index in [1.165, 1.54) is 19.2 Å². The van der Waals surface area contributed by atoms with Crippen molar-refractivity contribution in [3.05, 3.63) is 89.1 Å². The molecule has 3 heterocycles. The van der Waals surface area contributed by atoms with Crippen LogP contribution in [0.2, 0.25) is 0 Å². The number of likely N-dealkylation sites (tertiary alicyclic amines) is 1. The molecule has 4 aromatic rings. The first-order valence-corrected chi connectivity index (χ1v) is 14.8. The van der Waals surface area contributed by atoms with Crippen molar-refractivity contribution in [2.75, 3.05) is 25.5 Å². The largest absolute Gasteiger partial charge is 0.494 e. The van der Waals surface area contributed by atoms with Crippen LogP contribution in [0.3, 0.4) is 0 Å². The number of imide groups is 1. The number of anilines is 1. The van der Waals surface area contributed by atoms with Gasteiger partial charge in [-0.15, -0.1) is 0 Å². The second kappa shape index (κ2) is 12.4. The lowest BCUT2D eigenvalue weighted by molar-refractivity contribution is -0.138. The number of carbonyl (C=O) groups is 3. The lowest BCUT2D eigenvalue weighted by Crippen LogP contribution is -2.39. The number of benzene rings is 3. The SMILES string of the molecule is COc1ccc2cn(C3CCN(Cc4ccc(C5CCC(=O)NC5=O)cc4)CC3)nc2c1NC(=O)c1cccc(C(F)(F)F)c1. The van der Waals surface area contributed by atoms with Gasteiger partial charge in [-0.25, -0.2) is 0 Å². The first-order valence-electron chi connectivity index (χ1n) is 14.8. The van der Waals surface area contributed by atoms with Crippen LogP contribution >= 0.6 is 0 Å². The summed E-state index contributed by atoms with van der Waals surface area (Å²) in [5.41, 5.74) is 1.82. The molecule has 0 bridgehead atoms. The molecule has 9 nitrogen and oxygen atoms in total. The number of methoxy groups -OCH3 is 1. The average molecular weight is 620 g/mol. The van der Waals surface area contributed by atoms with Gasteiger partial charge in [-0.1, -0.05) is 30.3 Å². The first-order chi connectivity index (χ1) is 21.6. The standard InChI is InChI=1S/C33H32F3N5O4/c1-45-27-11-9-23-19-41(39-29(23)30(27)38-31(43)22-3-2-4-24(17-22)33(34,35)36)25-13-15-40(16-14-25)18-20-5-7-21(8-6-20)26-10-12-28(42)37-32(26)44/h2-9,11,17,19,25-26H,10,12-16,18H2,1H3,(H,38,43)(H,37,42,44). The Balaban J connectivity index is 1.11. The summed E-state index contributed by atoms with van der Waals surface area (Å²) >= 11 is 0. The number of nitrogens with zero attached hydrogens (tertiary/aromatic N) is 3. The molecule has 0 saturated carbocycles. The Morgan fingerprint density at radius 2 is 1.80 bits per heavy atom. The summed E-state index contributed by atoms with van der Waals surface area (Å²) in [6, 6.07) is 15.9. The molecule has 1 atom stereocenters. The first kappa shape index (κ1) is 30.3. The molecule has 1 aromatic heterocycles. The van der Waals surface area contributed by atoms with Gasteiger partial charge in [0, 0.05) is 43.2 Å². The zero-order valence-corrected chi connectivity index (χ0v) is 24.6. The molecular weight excluding hydrogens is 587 g/mol. The molecule has 1 unspecified atom stereocenters. The molecule has 2 fully saturated rings. The van der Waals surface area contributed by atoms with Crippen molar-refractivity contribution >= 4 is 34.3 Å². The maximum Gasteiger partial charge on any atom is 0.416 e. The smallest absolute Gasteiger partial charge is 0.416 e. The van der Waals surface area contributed by atoms with Crippen LogP contribution in [0.5, 0.6) is 5.75 Å². The van der Waals surface area contributed by atoms with Crippen LogP contribution < -0.4 is 15.4 Å². The molecule has 45 heavy (non-hydrogen) atoms. The van der Waals surface area contributed by atoms with Gasteiger partial charge >= 0.3 is 6.18 Å². The minimum Gasteiger partial charge on any atom is -0.494 e. The molecule has 12 heteroatoms. The number of amides is 3. The summed E-state index contributed by atoms with van der Waals surface area (Å²) in [6.45, 7) is 2.46. The van der Waals surface area contributed by atoms with Crippen molar-refractivity contribution in [3.63, 3.8) is 0 Å². The number of rotatable bonds is 7. The predicted octanol–water partition coefficient (Wildman–Crippen LogP) is 5.67. The molecule has 3 amide bonds. The van der Waals surface area contributed by atoms with E-state index in [1.807, 2.05) is 41.2 Å². The second-order valence-corrected chi connectivity index (χ2v) is 11.5. The highest BCUT2D eigenvalue weighted by Gasteiger charge is 2.31. The van der Waals surface area contributed by atoms with E-state index < -0.39 is 17.6 Å². The number of alkyl halides is 3. The highest BCUT2D eigenvalue weighted by atomic mass is 19.4. The van der Waals surface area contributed by atoms with E-state index in [9.17, 15) is 27.6 Å². The summed E-state index contributed by atoms with van der Waals surface area (Å²) < 4.78 is 47.0. The molecule has 2 saturated heterocycles. The highest BCUT2D eigenvalue weighted by Crippen LogP contribution is 2.35. The van der Waals surface area contributed by atoms with Gasteiger partial charge in [-0.2, -0.15) is 18.3 Å². The molecule has 2 N–H and O–H groups in total. The number of hydrogen-bond donors (Lipinski definition) is 2. The minimum absolute atomic E-state index is 0.124. The van der Waals surface area contributed by atoms with Gasteiger partial charge in [0.2, 0.25) is 11.8 Å². The quantitative estimate of drug-likeness (QED) is 0.258. The van der Waals surface area contributed by atoms with Crippen LogP contribution in [-0.4, -0.2) is 52.6 Å². The number of piperidine rings is 2. The predicted molar refractivity (Wildman–Crippen MR) is 161 cm³/mol. The van der Waals surface area contributed by atoms with Gasteiger partial charge in [0.25, 0.3) is 5.91 Å². The fraction of sp³-hybridized carbons (Fsp3) is 0.333. The minimum atomic E-state index is -4.56. The molecule has 2 aliphatic rings. The zero-order valence-electron chi connectivity index (χ0n) is 24.6. The number of fused-ring (bicyclic) bond motifs is 1. The highest BCUT2D eigenvalue weighted by molar-refractivity contribution is 6.10. The Morgan fingerprint density at radius 1 is 1.04 bits per heavy atom. The summed E-state index contributed by atoms with van der Waals surface area (Å²) in [6.07, 6.45) is -0.0666. The average Bonchev–Trinajstić information content (AvgIpc) is 3.47. The fourth-order valence-electron chi connectivity index (χ4n) is 6.06. The van der Waals surface area contributed by atoms with Gasteiger partial charge in [-0.3, -0.25) is 29.3 Å². The van der Waals surface area contributed by atoms with Crippen LogP contribution in [0.4, 0.5) is 18.9 Å². The number of ether oxygens (including phenoxy) is 1. The Kier molecular flexibility index (Phi) is 8.32. The van der Waals surface area contributed by atoms with E-state index >= 15 is 0 Å². The maximum atomic E-state index is 13.2. The third kappa shape index (κ3) is 6.56. The lowest BCUT2D eigenvalue weighted by atomic mass is 9.90. The van der Waals surface area contributed by atoms with Crippen molar-refractivity contribution in [1.82, 2.24) is 20.0 Å². The Labute approximate surface area is 257 Å². The third-order valence-corrected chi connectivity index (χ3v) is 8.53. The van der Waals surface area contributed by atoms with E-state index in [0.717, 1.165) is 61.1 Å². The summed E-state index contributed by atoms with van der Waals surface area (Å²) in [4.78, 5) is 39.0. The normalized spacial score (nSPS) is 18.2. The Hall–Kier alpha value is -4.71. The van der Waals surface area contributed by atoms with Crippen LogP contribution in [0.25, 0.3) is 10.9 Å². The van der Waals surface area contributed by atoms with Crippen LogP contribution in [-0.2, 0) is 22.3 Å². The van der Waals surface area contributed by atoms with E-state index in [-0.39, 0.29) is 29.3 Å². The van der Waals surface area contributed by atoms with Gasteiger partial charge in [0.15, 0.2) is 0 Å². The van der Waals surface area contributed by atoms with E-state index in [4.69, 9.17) is 9.84 Å². The Bertz CT molecular complexity index is 1740.